The fourth-order valence-corrected chi connectivity index (χ4v) is 5.64. The molecular formula is C29H35F3N2O9S. The third-order valence-electron chi connectivity index (χ3n) is 7.73. The van der Waals surface area contributed by atoms with Crippen LogP contribution in [0.4, 0.5) is 13.2 Å². The first-order valence-corrected chi connectivity index (χ1v) is 15.5. The number of aliphatic carboxylic acids is 1. The van der Waals surface area contributed by atoms with Crippen molar-refractivity contribution < 1.29 is 54.8 Å². The Labute approximate surface area is 252 Å². The second-order valence-corrected chi connectivity index (χ2v) is 12.5. The third kappa shape index (κ3) is 9.06. The number of nitrogens with zero attached hydrogens (tertiary/aromatic N) is 2. The van der Waals surface area contributed by atoms with E-state index in [0.29, 0.717) is 39.2 Å². The molecule has 2 saturated heterocycles. The number of piperidine rings is 1. The van der Waals surface area contributed by atoms with Gasteiger partial charge in [-0.1, -0.05) is 23.8 Å². The minimum absolute atomic E-state index is 0.00586. The van der Waals surface area contributed by atoms with E-state index >= 15 is 0 Å². The summed E-state index contributed by atoms with van der Waals surface area (Å²) in [5.74, 6) is -0.437. The van der Waals surface area contributed by atoms with Crippen LogP contribution in [-0.2, 0) is 19.6 Å². The van der Waals surface area contributed by atoms with E-state index in [0.717, 1.165) is 31.5 Å². The number of carboxylic acid groups (broad SMARTS) is 1. The maximum Gasteiger partial charge on any atom is 0.422 e. The first-order valence-electron chi connectivity index (χ1n) is 14.0. The summed E-state index contributed by atoms with van der Waals surface area (Å²) in [5, 5.41) is 13.9. The Morgan fingerprint density at radius 1 is 1.09 bits per heavy atom. The number of hydrogen-bond acceptors (Lipinski definition) is 9. The fourth-order valence-electron chi connectivity index (χ4n) is 5.16. The average molecular weight is 645 g/mol. The maximum absolute atomic E-state index is 12.6. The number of benzene rings is 2. The maximum atomic E-state index is 12.6. The number of likely N-dealkylation sites (tertiary alicyclic amines) is 1. The molecular weight excluding hydrogens is 609 g/mol. The Balaban J connectivity index is 0.000000339. The lowest BCUT2D eigenvalue weighted by Gasteiger charge is -2.40. The van der Waals surface area contributed by atoms with Gasteiger partial charge in [0.15, 0.2) is 12.2 Å². The van der Waals surface area contributed by atoms with E-state index in [9.17, 15) is 31.5 Å². The Bertz CT molecular complexity index is 1500. The molecule has 0 atom stereocenters. The van der Waals surface area contributed by atoms with Crippen molar-refractivity contribution in [1.29, 1.82) is 0 Å². The van der Waals surface area contributed by atoms with E-state index in [2.05, 4.69) is 10.1 Å². The van der Waals surface area contributed by atoms with Crippen LogP contribution >= 0.6 is 0 Å². The quantitative estimate of drug-likeness (QED) is 0.304. The third-order valence-corrected chi connectivity index (χ3v) is 8.60. The molecule has 0 aliphatic carbocycles. The van der Waals surface area contributed by atoms with Crippen molar-refractivity contribution in [2.45, 2.75) is 43.7 Å². The zero-order valence-corrected chi connectivity index (χ0v) is 24.9. The minimum Gasteiger partial charge on any atom is -0.483 e. The SMILES string of the molecule is Cc1ccc(S(=O)(=O)O)cc1.O=C(O)C1(CN2CCC(COc3noc4cccc(OCC(F)(F)F)c34)CC2)CCOCC1. The summed E-state index contributed by atoms with van der Waals surface area (Å²) in [7, 11) is -4.02. The van der Waals surface area contributed by atoms with Gasteiger partial charge in [0.25, 0.3) is 16.0 Å². The van der Waals surface area contributed by atoms with E-state index in [4.69, 9.17) is 23.3 Å². The molecule has 2 N–H and O–H groups in total. The molecule has 0 bridgehead atoms. The summed E-state index contributed by atoms with van der Waals surface area (Å²) in [6.07, 6.45) is -1.79. The van der Waals surface area contributed by atoms with Crippen LogP contribution in [0.15, 0.2) is 51.9 Å². The van der Waals surface area contributed by atoms with E-state index in [1.165, 1.54) is 24.3 Å². The Hall–Kier alpha value is -3.40. The van der Waals surface area contributed by atoms with Gasteiger partial charge in [0.2, 0.25) is 0 Å². The predicted octanol–water partition coefficient (Wildman–Crippen LogP) is 4.98. The summed E-state index contributed by atoms with van der Waals surface area (Å²) in [5.41, 5.74) is 0.487. The van der Waals surface area contributed by atoms with Gasteiger partial charge in [0, 0.05) is 19.8 Å². The molecule has 3 aromatic rings. The van der Waals surface area contributed by atoms with Crippen molar-refractivity contribution >= 4 is 27.1 Å². The lowest BCUT2D eigenvalue weighted by atomic mass is 9.79. The molecule has 0 spiro atoms. The highest BCUT2D eigenvalue weighted by atomic mass is 32.2. The molecule has 2 aliphatic heterocycles. The smallest absolute Gasteiger partial charge is 0.422 e. The number of alkyl halides is 3. The zero-order valence-electron chi connectivity index (χ0n) is 24.1. The van der Waals surface area contributed by atoms with E-state index in [1.54, 1.807) is 18.2 Å². The average Bonchev–Trinajstić information content (AvgIpc) is 3.40. The van der Waals surface area contributed by atoms with Crippen LogP contribution in [0.25, 0.3) is 11.0 Å². The lowest BCUT2D eigenvalue weighted by Crippen LogP contribution is -2.49. The summed E-state index contributed by atoms with van der Waals surface area (Å²) in [4.78, 5) is 14.0. The van der Waals surface area contributed by atoms with Gasteiger partial charge in [-0.05, 0) is 81.0 Å². The molecule has 0 unspecified atom stereocenters. The van der Waals surface area contributed by atoms with Gasteiger partial charge in [-0.3, -0.25) is 9.35 Å². The molecule has 11 nitrogen and oxygen atoms in total. The Kier molecular flexibility index (Phi) is 10.8. The Morgan fingerprint density at radius 2 is 1.75 bits per heavy atom. The van der Waals surface area contributed by atoms with Gasteiger partial charge < -0.3 is 28.7 Å². The molecule has 2 aliphatic rings. The highest BCUT2D eigenvalue weighted by Gasteiger charge is 2.42. The number of fused-ring (bicyclic) bond motifs is 1. The summed E-state index contributed by atoms with van der Waals surface area (Å²) in [6, 6.07) is 10.5. The molecule has 2 aromatic carbocycles. The first-order chi connectivity index (χ1) is 20.8. The minimum atomic E-state index is -4.46. The number of hydrogen-bond donors (Lipinski definition) is 2. The summed E-state index contributed by atoms with van der Waals surface area (Å²) < 4.78 is 88.5. The lowest BCUT2D eigenvalue weighted by molar-refractivity contribution is -0.157. The van der Waals surface area contributed by atoms with Gasteiger partial charge in [-0.15, -0.1) is 0 Å². The van der Waals surface area contributed by atoms with Gasteiger partial charge in [-0.2, -0.15) is 21.6 Å². The van der Waals surface area contributed by atoms with Crippen LogP contribution in [-0.4, -0.2) is 86.3 Å². The van der Waals surface area contributed by atoms with Crippen molar-refractivity contribution in [3.63, 3.8) is 0 Å². The number of carbonyl (C=O) groups is 1. The van der Waals surface area contributed by atoms with Crippen LogP contribution in [0.1, 0.15) is 31.2 Å². The molecule has 242 valence electrons. The Morgan fingerprint density at radius 3 is 2.34 bits per heavy atom. The van der Waals surface area contributed by atoms with Crippen LogP contribution in [0.3, 0.4) is 0 Å². The molecule has 5 rings (SSSR count). The highest BCUT2D eigenvalue weighted by Crippen LogP contribution is 2.36. The van der Waals surface area contributed by atoms with Crippen molar-refractivity contribution in [3.05, 3.63) is 48.0 Å². The monoisotopic (exact) mass is 644 g/mol. The number of ether oxygens (including phenoxy) is 3. The van der Waals surface area contributed by atoms with E-state index < -0.39 is 34.3 Å². The topological polar surface area (TPSA) is 149 Å². The largest absolute Gasteiger partial charge is 0.483 e. The molecule has 0 saturated carbocycles. The number of carboxylic acids is 1. The second-order valence-electron chi connectivity index (χ2n) is 11.0. The molecule has 2 fully saturated rings. The summed E-state index contributed by atoms with van der Waals surface area (Å²) >= 11 is 0. The number of halogens is 3. The molecule has 44 heavy (non-hydrogen) atoms. The van der Waals surface area contributed by atoms with Crippen LogP contribution in [0, 0.1) is 18.3 Å². The van der Waals surface area contributed by atoms with E-state index in [1.807, 2.05) is 6.92 Å². The summed E-state index contributed by atoms with van der Waals surface area (Å²) in [6.45, 7) is 3.71. The van der Waals surface area contributed by atoms with Gasteiger partial charge in [0.1, 0.15) is 11.1 Å². The van der Waals surface area contributed by atoms with Gasteiger partial charge >= 0.3 is 12.1 Å². The van der Waals surface area contributed by atoms with Crippen LogP contribution in [0.2, 0.25) is 0 Å². The van der Waals surface area contributed by atoms with Crippen molar-refractivity contribution in [2.24, 2.45) is 11.3 Å². The molecule has 1 aromatic heterocycles. The van der Waals surface area contributed by atoms with Crippen molar-refractivity contribution in [1.82, 2.24) is 10.1 Å². The standard InChI is InChI=1S/C22H27F3N2O6.C7H8O3S/c23-22(24,25)14-32-16-2-1-3-17-18(16)19(26-33-17)31-12-15-4-8-27(9-5-15)13-21(20(28)29)6-10-30-11-7-21;1-6-2-4-7(5-3-6)11(8,9)10/h1-3,15H,4-14H2,(H,28,29);2-5H,1H3,(H,8,9,10). The number of aryl methyl sites for hydroxylation is 1. The van der Waals surface area contributed by atoms with Gasteiger partial charge in [-0.25, -0.2) is 0 Å². The van der Waals surface area contributed by atoms with Crippen LogP contribution < -0.4 is 9.47 Å². The first kappa shape index (κ1) is 33.5. The zero-order chi connectivity index (χ0) is 32.0. The number of rotatable bonds is 9. The van der Waals surface area contributed by atoms with Gasteiger partial charge in [0.05, 0.1) is 16.9 Å². The highest BCUT2D eigenvalue weighted by molar-refractivity contribution is 7.85. The molecule has 0 amide bonds. The van der Waals surface area contributed by atoms with Crippen molar-refractivity contribution in [3.8, 4) is 11.6 Å². The number of aromatic nitrogens is 1. The molecule has 15 heteroatoms. The normalized spacial score (nSPS) is 17.9. The second kappa shape index (κ2) is 14.1. The van der Waals surface area contributed by atoms with Crippen molar-refractivity contribution in [2.75, 3.05) is 46.1 Å². The fraction of sp³-hybridized carbons (Fsp3) is 0.517. The predicted molar refractivity (Wildman–Crippen MR) is 151 cm³/mol. The van der Waals surface area contributed by atoms with E-state index in [-0.39, 0.29) is 33.4 Å². The molecule has 0 radical (unpaired) electrons. The van der Waals surface area contributed by atoms with Crippen LogP contribution in [0.5, 0.6) is 11.6 Å². The molecule has 3 heterocycles.